The number of fused-ring (bicyclic) bond motifs is 6. The van der Waals surface area contributed by atoms with Crippen LogP contribution in [0.25, 0.3) is 0 Å². The maximum absolute atomic E-state index is 15.5. The van der Waals surface area contributed by atoms with E-state index < -0.39 is 28.9 Å². The molecule has 3 aromatic rings. The number of carboxylic acid groups (broad SMARTS) is 2. The van der Waals surface area contributed by atoms with Crippen LogP contribution in [0.3, 0.4) is 0 Å². The normalized spacial score (nSPS) is 25.2. The van der Waals surface area contributed by atoms with Crippen LogP contribution in [0.15, 0.2) is 58.7 Å². The van der Waals surface area contributed by atoms with Gasteiger partial charge < -0.3 is 15.5 Å². The molecule has 0 spiro atoms. The number of nitrogens with one attached hydrogen (secondary N) is 1. The van der Waals surface area contributed by atoms with Gasteiger partial charge in [-0.15, -0.1) is 151 Å². The van der Waals surface area contributed by atoms with E-state index in [1.54, 1.807) is 141 Å². The van der Waals surface area contributed by atoms with Gasteiger partial charge >= 0.3 is 11.9 Å². The van der Waals surface area contributed by atoms with Crippen molar-refractivity contribution in [2.75, 3.05) is 0 Å². The number of carbonyl (C=O) groups excluding carboxylic acids is 1. The monoisotopic (exact) mass is 1140 g/mol. The Morgan fingerprint density at radius 1 is 0.441 bits per heavy atom. The highest BCUT2D eigenvalue weighted by molar-refractivity contribution is 8.23. The summed E-state index contributed by atoms with van der Waals surface area (Å²) in [6.45, 7) is 34.0. The molecule has 7 aliphatic heterocycles. The van der Waals surface area contributed by atoms with Gasteiger partial charge in [0.25, 0.3) is 5.91 Å². The van der Waals surface area contributed by atoms with Crippen LogP contribution in [0, 0.1) is 0 Å². The van der Waals surface area contributed by atoms with Gasteiger partial charge in [0.15, 0.2) is 0 Å². The number of amides is 1. The summed E-state index contributed by atoms with van der Waals surface area (Å²) in [5.74, 6) is -2.52. The maximum atomic E-state index is 15.5. The van der Waals surface area contributed by atoms with Crippen LogP contribution in [0.5, 0.6) is 0 Å². The summed E-state index contributed by atoms with van der Waals surface area (Å²) in [5.41, 5.74) is 3.19. The fourth-order valence-corrected chi connectivity index (χ4v) is 28.2. The van der Waals surface area contributed by atoms with Crippen molar-refractivity contribution in [3.8, 4) is 0 Å². The lowest BCUT2D eigenvalue weighted by Crippen LogP contribution is -2.52. The Balaban J connectivity index is 1.37. The summed E-state index contributed by atoms with van der Waals surface area (Å²) < 4.78 is -2.26. The fraction of sp³-hybridized carbons (Fsp3) is 0.562. The second-order valence-corrected chi connectivity index (χ2v) is 43.1. The van der Waals surface area contributed by atoms with Gasteiger partial charge in [-0.3, -0.25) is 4.79 Å². The molecule has 20 heteroatoms. The van der Waals surface area contributed by atoms with Crippen molar-refractivity contribution in [2.45, 2.75) is 223 Å². The van der Waals surface area contributed by atoms with Gasteiger partial charge in [0.2, 0.25) is 0 Å². The predicted molar refractivity (Wildman–Crippen MR) is 296 cm³/mol. The van der Waals surface area contributed by atoms with E-state index in [1.165, 1.54) is 0 Å². The molecule has 3 aromatic carbocycles. The van der Waals surface area contributed by atoms with Gasteiger partial charge in [-0.05, 0) is 134 Å². The Bertz CT molecular complexity index is 2600. The smallest absolute Gasteiger partial charge is 0.338 e. The molecule has 365 valence electrons. The zero-order valence-corrected chi connectivity index (χ0v) is 50.5. The quantitative estimate of drug-likeness (QED) is 0.194. The zero-order valence-electron chi connectivity index (χ0n) is 40.7. The largest absolute Gasteiger partial charge is 0.478 e. The number of hydroxylamine groups is 2. The van der Waals surface area contributed by atoms with Gasteiger partial charge in [-0.25, -0.2) is 9.59 Å². The Kier molecular flexibility index (Phi) is 12.4. The highest BCUT2D eigenvalue weighted by atomic mass is 32.2. The Morgan fingerprint density at radius 2 is 0.676 bits per heavy atom. The van der Waals surface area contributed by atoms with E-state index in [1.807, 2.05) is 27.7 Å². The molecule has 7 heterocycles. The summed E-state index contributed by atoms with van der Waals surface area (Å²) in [6, 6.07) is -0.386. The molecule has 1 amide bonds. The minimum absolute atomic E-state index is 0.175. The molecule has 1 radical (unpaired) electrons. The van der Waals surface area contributed by atoms with Crippen LogP contribution in [-0.4, -0.2) is 74.7 Å². The first-order chi connectivity index (χ1) is 31.1. The first-order valence-electron chi connectivity index (χ1n) is 22.3. The molecule has 1 unspecified atom stereocenters. The van der Waals surface area contributed by atoms with Crippen molar-refractivity contribution in [1.29, 1.82) is 0 Å². The van der Waals surface area contributed by atoms with Gasteiger partial charge in [0.1, 0.15) is 0 Å². The Labute approximate surface area is 451 Å². The van der Waals surface area contributed by atoms with Crippen molar-refractivity contribution in [3.05, 3.63) is 33.4 Å². The van der Waals surface area contributed by atoms with Crippen LogP contribution in [0.2, 0.25) is 0 Å². The van der Waals surface area contributed by atoms with E-state index in [2.05, 4.69) is 88.4 Å². The highest BCUT2D eigenvalue weighted by Crippen LogP contribution is 2.75. The lowest BCUT2D eigenvalue weighted by atomic mass is 9.83. The average molecular weight is 1140 g/mol. The third kappa shape index (κ3) is 8.38. The number of carboxylic acids is 2. The first-order valence-corrected chi connectivity index (χ1v) is 32.1. The van der Waals surface area contributed by atoms with Crippen molar-refractivity contribution in [2.24, 2.45) is 0 Å². The van der Waals surface area contributed by atoms with E-state index in [0.717, 1.165) is 80.5 Å². The number of thioether (sulfide) groups is 12. The number of carbonyl (C=O) groups is 3. The topological polar surface area (TPSA) is 127 Å². The van der Waals surface area contributed by atoms with E-state index in [4.69, 9.17) is 0 Å². The van der Waals surface area contributed by atoms with Crippen molar-refractivity contribution < 1.29 is 29.8 Å². The van der Waals surface area contributed by atoms with E-state index in [9.17, 15) is 25.0 Å². The summed E-state index contributed by atoms with van der Waals surface area (Å²) in [4.78, 5) is 53.9. The first kappa shape index (κ1) is 51.7. The zero-order chi connectivity index (χ0) is 49.8. The number of hydrogen-bond donors (Lipinski definition) is 3. The summed E-state index contributed by atoms with van der Waals surface area (Å²) in [5, 5.41) is 40.7. The maximum Gasteiger partial charge on any atom is 0.338 e. The minimum Gasteiger partial charge on any atom is -0.478 e. The highest BCUT2D eigenvalue weighted by Gasteiger charge is 2.56. The summed E-state index contributed by atoms with van der Waals surface area (Å²) >= 11 is 20.5. The Hall–Kier alpha value is 0.190. The summed E-state index contributed by atoms with van der Waals surface area (Å²) in [7, 11) is 0. The van der Waals surface area contributed by atoms with Crippen molar-refractivity contribution in [3.63, 3.8) is 0 Å². The number of hydrogen-bond acceptors (Lipinski definition) is 16. The van der Waals surface area contributed by atoms with Gasteiger partial charge in [0.05, 0.1) is 52.7 Å². The van der Waals surface area contributed by atoms with Crippen LogP contribution < -0.4 is 5.32 Å². The molecule has 68 heavy (non-hydrogen) atoms. The van der Waals surface area contributed by atoms with Crippen molar-refractivity contribution in [1.82, 2.24) is 10.4 Å². The molecule has 1 atom stereocenters. The number of nitrogens with zero attached hydrogens (tertiary/aromatic N) is 1. The molecule has 0 bridgehead atoms. The molecule has 3 N–H and O–H groups in total. The van der Waals surface area contributed by atoms with Gasteiger partial charge in [-0.2, -0.15) is 0 Å². The van der Waals surface area contributed by atoms with Crippen LogP contribution in [0.4, 0.5) is 0 Å². The second-order valence-electron chi connectivity index (χ2n) is 22.0. The van der Waals surface area contributed by atoms with Crippen LogP contribution >= 0.6 is 141 Å². The van der Waals surface area contributed by atoms with E-state index >= 15 is 4.79 Å². The van der Waals surface area contributed by atoms with Gasteiger partial charge in [0, 0.05) is 70.2 Å². The van der Waals surface area contributed by atoms with E-state index in [-0.39, 0.29) is 36.4 Å². The number of rotatable bonds is 7. The van der Waals surface area contributed by atoms with Crippen LogP contribution in [-0.2, 0) is 5.21 Å². The molecular formula is C48H55N2O6S12. The number of aromatic carboxylic acids is 2. The summed E-state index contributed by atoms with van der Waals surface area (Å²) in [6.07, 6.45) is 0.516. The predicted octanol–water partition coefficient (Wildman–Crippen LogP) is 16.6. The minimum atomic E-state index is -0.930. The van der Waals surface area contributed by atoms with Crippen LogP contribution in [0.1, 0.15) is 171 Å². The van der Waals surface area contributed by atoms with Gasteiger partial charge in [-0.1, -0.05) is 0 Å². The second kappa shape index (κ2) is 16.3. The lowest BCUT2D eigenvalue weighted by Gasteiger charge is -2.34. The molecule has 1 fully saturated rings. The molecule has 1 saturated heterocycles. The fourth-order valence-electron chi connectivity index (χ4n) is 10.3. The third-order valence-electron chi connectivity index (χ3n) is 12.7. The van der Waals surface area contributed by atoms with E-state index in [0.29, 0.717) is 23.1 Å². The number of benzene rings is 3. The average Bonchev–Trinajstić information content (AvgIpc) is 3.99. The standard InChI is InChI=1S/C48H55N2O6S12/c1-41(2)17-18(42(3,4)50(41)56)49-38(51)23-32-26(57-43(5,6)63-32)20(27-33(23)64-44(7,8)58-27)19(21-28-34(65-45(9,10)59-28)24(39(52)53)35-29(21)60-46(11,12)66-35)22-30-36(67-47(13,14)61-30)25(40(54)55)37-31(22)62-48(15,16)68-37/h18-19H,17H2,1-16H3,(H,49,51)(H,52,53)(H,54,55). The molecule has 0 aromatic heterocycles. The molecule has 0 aliphatic carbocycles. The molecule has 7 aliphatic rings. The Morgan fingerprint density at radius 3 is 0.897 bits per heavy atom. The SMILES string of the molecule is CC1(C)Sc2c(c(C(c3c4c(c(C(=O)O)c5c3SC(C)(C)S5)SC(C)(C)S4)c3c4c(c(C(=O)NC5CC(C)(C)N([O])C5(C)C)c5c3SC(C)(C)S5)SC(C)(C)S4)c3c(c2C(=O)O)SC(C)(C)S3)S1. The van der Waals surface area contributed by atoms with Crippen molar-refractivity contribution >= 4 is 159 Å². The molecular weight excluding hydrogens is 1090 g/mol. The lowest BCUT2D eigenvalue weighted by molar-refractivity contribution is -0.246. The molecule has 10 rings (SSSR count). The molecule has 8 nitrogen and oxygen atoms in total. The third-order valence-corrected chi connectivity index (χ3v) is 29.8. The molecule has 0 saturated carbocycles.